The van der Waals surface area contributed by atoms with E-state index in [9.17, 15) is 23.1 Å². The fraction of sp³-hybridized carbons (Fsp3) is 0.318. The van der Waals surface area contributed by atoms with Gasteiger partial charge >= 0.3 is 0 Å². The van der Waals surface area contributed by atoms with Crippen LogP contribution < -0.4 is 15.8 Å². The molecule has 11 heteroatoms. The smallest absolute Gasteiger partial charge is 0.243 e. The van der Waals surface area contributed by atoms with Gasteiger partial charge in [0, 0.05) is 18.7 Å². The molecule has 33 heavy (non-hydrogen) atoms. The Kier molecular flexibility index (Phi) is 7.79. The van der Waals surface area contributed by atoms with Crippen molar-refractivity contribution in [3.05, 3.63) is 65.7 Å². The van der Waals surface area contributed by atoms with Gasteiger partial charge < -0.3 is 21.1 Å². The zero-order valence-electron chi connectivity index (χ0n) is 17.9. The molecule has 0 saturated carbocycles. The number of amides is 2. The molecular weight excluding hydrogens is 446 g/mol. The number of nitrogens with one attached hydrogen (secondary N) is 3. The average Bonchev–Trinajstić information content (AvgIpc) is 3.31. The maximum Gasteiger partial charge on any atom is 0.243 e. The summed E-state index contributed by atoms with van der Waals surface area (Å²) in [6.07, 6.45) is 1.02. The molecule has 6 N–H and O–H groups in total. The molecule has 2 amide bonds. The summed E-state index contributed by atoms with van der Waals surface area (Å²) in [7, 11) is -4.02. The van der Waals surface area contributed by atoms with Gasteiger partial charge in [-0.15, -0.1) is 0 Å². The number of nitrogens with zero attached hydrogens (tertiary/aromatic N) is 1. The summed E-state index contributed by atoms with van der Waals surface area (Å²) in [4.78, 5) is 27.1. The highest BCUT2D eigenvalue weighted by molar-refractivity contribution is 7.89. The number of likely N-dealkylation sites (tertiary alicyclic amines) is 1. The summed E-state index contributed by atoms with van der Waals surface area (Å²) in [5.41, 5.74) is 6.81. The van der Waals surface area contributed by atoms with Crippen LogP contribution >= 0.6 is 0 Å². The molecule has 0 aromatic heterocycles. The number of hydrogen-bond acceptors (Lipinski definition) is 6. The maximum absolute atomic E-state index is 13.0. The molecule has 2 aromatic carbocycles. The van der Waals surface area contributed by atoms with Gasteiger partial charge in [-0.05, 0) is 30.5 Å². The quantitative estimate of drug-likeness (QED) is 0.252. The largest absolute Gasteiger partial charge is 0.394 e. The van der Waals surface area contributed by atoms with E-state index >= 15 is 0 Å². The summed E-state index contributed by atoms with van der Waals surface area (Å²) in [6.45, 7) is -0.231. The van der Waals surface area contributed by atoms with E-state index < -0.39 is 34.6 Å². The molecule has 2 atom stereocenters. The number of rotatable bonds is 9. The van der Waals surface area contributed by atoms with E-state index in [2.05, 4.69) is 10.0 Å². The Balaban J connectivity index is 1.64. The highest BCUT2D eigenvalue weighted by Gasteiger charge is 2.38. The lowest BCUT2D eigenvalue weighted by Gasteiger charge is -2.28. The number of aliphatic hydroxyl groups excluding tert-OH is 1. The Morgan fingerprint density at radius 2 is 1.82 bits per heavy atom. The number of hydrogen-bond donors (Lipinski definition) is 5. The van der Waals surface area contributed by atoms with Crippen LogP contribution in [-0.2, 0) is 26.2 Å². The van der Waals surface area contributed by atoms with Crippen molar-refractivity contribution >= 4 is 27.7 Å². The zero-order valence-corrected chi connectivity index (χ0v) is 18.7. The third-order valence-electron chi connectivity index (χ3n) is 5.40. The maximum atomic E-state index is 13.0. The summed E-state index contributed by atoms with van der Waals surface area (Å²) < 4.78 is 27.4. The normalized spacial score (nSPS) is 16.9. The van der Waals surface area contributed by atoms with Crippen molar-refractivity contribution < 1.29 is 23.1 Å². The molecule has 2 aromatic rings. The molecule has 176 valence electrons. The predicted octanol–water partition coefficient (Wildman–Crippen LogP) is -0.0827. The van der Waals surface area contributed by atoms with Crippen molar-refractivity contribution in [3.8, 4) is 0 Å². The van der Waals surface area contributed by atoms with Crippen LogP contribution in [0.5, 0.6) is 0 Å². The van der Waals surface area contributed by atoms with E-state index in [-0.39, 0.29) is 29.7 Å². The lowest BCUT2D eigenvalue weighted by molar-refractivity contribution is -0.140. The first kappa shape index (κ1) is 24.4. The third kappa shape index (κ3) is 5.95. The molecule has 0 radical (unpaired) electrons. The highest BCUT2D eigenvalue weighted by atomic mass is 32.2. The predicted molar refractivity (Wildman–Crippen MR) is 122 cm³/mol. The molecule has 3 rings (SSSR count). The topological polar surface area (TPSA) is 166 Å². The summed E-state index contributed by atoms with van der Waals surface area (Å²) >= 11 is 0. The van der Waals surface area contributed by atoms with E-state index in [0.717, 1.165) is 5.56 Å². The second-order valence-corrected chi connectivity index (χ2v) is 9.40. The Morgan fingerprint density at radius 3 is 2.42 bits per heavy atom. The number of nitrogens with two attached hydrogens (primary N) is 1. The van der Waals surface area contributed by atoms with Gasteiger partial charge in [-0.2, -0.15) is 4.72 Å². The van der Waals surface area contributed by atoms with Crippen LogP contribution in [0, 0.1) is 5.41 Å². The molecule has 0 bridgehead atoms. The monoisotopic (exact) mass is 473 g/mol. The van der Waals surface area contributed by atoms with Crippen molar-refractivity contribution in [3.63, 3.8) is 0 Å². The summed E-state index contributed by atoms with van der Waals surface area (Å²) in [6, 6.07) is 12.2. The molecule has 0 unspecified atom stereocenters. The van der Waals surface area contributed by atoms with Crippen molar-refractivity contribution in [2.24, 2.45) is 5.73 Å². The summed E-state index contributed by atoms with van der Waals surface area (Å²) in [5, 5.41) is 19.9. The first-order valence-electron chi connectivity index (χ1n) is 10.4. The number of benzene rings is 2. The lowest BCUT2D eigenvalue weighted by Crippen LogP contribution is -2.54. The molecular formula is C22H27N5O5S. The molecule has 1 saturated heterocycles. The Hall–Kier alpha value is -3.28. The zero-order chi connectivity index (χ0) is 24.0. The number of nitrogen functional groups attached to an aromatic ring is 1. The van der Waals surface area contributed by atoms with Crippen molar-refractivity contribution in [2.45, 2.75) is 36.4 Å². The fourth-order valence-corrected chi connectivity index (χ4v) is 4.83. The molecule has 1 heterocycles. The van der Waals surface area contributed by atoms with Crippen LogP contribution in [0.1, 0.15) is 24.0 Å². The molecule has 1 aliphatic rings. The second kappa shape index (κ2) is 10.6. The van der Waals surface area contributed by atoms with E-state index in [1.54, 1.807) is 42.5 Å². The van der Waals surface area contributed by atoms with Gasteiger partial charge in [0.1, 0.15) is 17.9 Å². The number of carbonyl (C=O) groups excluding carboxylic acids is 2. The van der Waals surface area contributed by atoms with Gasteiger partial charge in [0.05, 0.1) is 11.5 Å². The third-order valence-corrected chi connectivity index (χ3v) is 6.89. The minimum absolute atomic E-state index is 0.0252. The van der Waals surface area contributed by atoms with Crippen molar-refractivity contribution in [1.29, 1.82) is 5.41 Å². The van der Waals surface area contributed by atoms with Crippen molar-refractivity contribution in [2.75, 3.05) is 13.2 Å². The van der Waals surface area contributed by atoms with E-state index in [4.69, 9.17) is 11.1 Å². The van der Waals surface area contributed by atoms with Crippen LogP contribution in [0.2, 0.25) is 0 Å². The highest BCUT2D eigenvalue weighted by Crippen LogP contribution is 2.20. The van der Waals surface area contributed by atoms with Gasteiger partial charge in [-0.3, -0.25) is 15.0 Å². The second-order valence-electron chi connectivity index (χ2n) is 7.69. The van der Waals surface area contributed by atoms with Gasteiger partial charge in [0.15, 0.2) is 0 Å². The van der Waals surface area contributed by atoms with Crippen molar-refractivity contribution in [1.82, 2.24) is 14.9 Å². The molecule has 1 aliphatic heterocycles. The number of aliphatic hydroxyl groups is 1. The lowest BCUT2D eigenvalue weighted by atomic mass is 10.1. The minimum Gasteiger partial charge on any atom is -0.394 e. The standard InChI is InChI=1S/C22H27N5O5S/c23-20(24)16-10-8-15(9-11-16)13-25-21(29)19-7-4-12-27(19)22(30)18(14-28)26-33(31,32)17-5-2-1-3-6-17/h1-3,5-6,8-11,18-19,26,28H,4,7,12-14H2,(H3,23,24)(H,25,29)/t18-,19+/m1/s1. The van der Waals surface area contributed by atoms with Crippen LogP contribution in [0.3, 0.4) is 0 Å². The molecule has 10 nitrogen and oxygen atoms in total. The Morgan fingerprint density at radius 1 is 1.15 bits per heavy atom. The van der Waals surface area contributed by atoms with E-state index in [1.165, 1.54) is 17.0 Å². The first-order chi connectivity index (χ1) is 15.7. The fourth-order valence-electron chi connectivity index (χ4n) is 3.63. The number of sulfonamides is 1. The van der Waals surface area contributed by atoms with Gasteiger partial charge in [-0.25, -0.2) is 8.42 Å². The Bertz CT molecular complexity index is 1110. The number of carbonyl (C=O) groups is 2. The molecule has 0 spiro atoms. The van der Waals surface area contributed by atoms with Gasteiger partial charge in [-0.1, -0.05) is 42.5 Å². The van der Waals surface area contributed by atoms with Crippen LogP contribution in [0.15, 0.2) is 59.5 Å². The first-order valence-corrected chi connectivity index (χ1v) is 11.9. The van der Waals surface area contributed by atoms with Crippen LogP contribution in [0.4, 0.5) is 0 Å². The SMILES string of the molecule is N=C(N)c1ccc(CNC(=O)[C@@H]2CCCN2C(=O)[C@@H](CO)NS(=O)(=O)c2ccccc2)cc1. The molecule has 0 aliphatic carbocycles. The summed E-state index contributed by atoms with van der Waals surface area (Å²) in [5.74, 6) is -1.06. The Labute approximate surface area is 192 Å². The number of amidine groups is 1. The van der Waals surface area contributed by atoms with E-state index in [1.807, 2.05) is 0 Å². The molecule has 1 fully saturated rings. The van der Waals surface area contributed by atoms with Gasteiger partial charge in [0.25, 0.3) is 0 Å². The van der Waals surface area contributed by atoms with E-state index in [0.29, 0.717) is 18.4 Å². The van der Waals surface area contributed by atoms with Gasteiger partial charge in [0.2, 0.25) is 21.8 Å². The van der Waals surface area contributed by atoms with Crippen LogP contribution in [0.25, 0.3) is 0 Å². The average molecular weight is 474 g/mol. The minimum atomic E-state index is -4.02. The van der Waals surface area contributed by atoms with Crippen LogP contribution in [-0.4, -0.2) is 61.3 Å².